The Labute approximate surface area is 182 Å². The average Bonchev–Trinajstić information content (AvgIpc) is 2.95. The molecule has 0 bridgehead atoms. The van der Waals surface area contributed by atoms with Crippen LogP contribution in [0.15, 0.2) is 23.0 Å². The maximum Gasteiger partial charge on any atom is 0.417 e. The Bertz CT molecular complexity index is 1080. The van der Waals surface area contributed by atoms with Crippen LogP contribution in [0.3, 0.4) is 0 Å². The number of pyridine rings is 1. The van der Waals surface area contributed by atoms with Gasteiger partial charge in [-0.3, -0.25) is 4.79 Å². The topological polar surface area (TPSA) is 54.6 Å². The molecule has 0 saturated carbocycles. The number of alkyl halides is 3. The first kappa shape index (κ1) is 24.0. The molecule has 0 amide bonds. The maximum absolute atomic E-state index is 14.5. The molecule has 0 radical (unpaired) electrons. The summed E-state index contributed by atoms with van der Waals surface area (Å²) in [5.74, 6) is -5.33. The number of nitrogens with zero attached hydrogens (tertiary/aromatic N) is 1. The number of aromatic amines is 1. The molecule has 0 spiro atoms. The van der Waals surface area contributed by atoms with Crippen molar-refractivity contribution in [2.24, 2.45) is 5.92 Å². The summed E-state index contributed by atoms with van der Waals surface area (Å²) in [4.78, 5) is 17.1. The average molecular weight is 460 g/mol. The molecule has 1 N–H and O–H groups in total. The zero-order chi connectivity index (χ0) is 24.2. The molecule has 2 heterocycles. The minimum absolute atomic E-state index is 0.0175. The third-order valence-corrected chi connectivity index (χ3v) is 6.21. The molecule has 3 rings (SSSR count). The summed E-state index contributed by atoms with van der Waals surface area (Å²) in [6, 6.07) is 3.36. The number of nitrogens with one attached hydrogen (secondary N) is 1. The van der Waals surface area contributed by atoms with E-state index in [2.05, 4.69) is 4.98 Å². The highest BCUT2D eigenvalue weighted by Crippen LogP contribution is 2.60. The Morgan fingerprint density at radius 2 is 1.84 bits per heavy atom. The Kier molecular flexibility index (Phi) is 6.05. The summed E-state index contributed by atoms with van der Waals surface area (Å²) < 4.78 is 81.5. The summed E-state index contributed by atoms with van der Waals surface area (Å²) in [5.41, 5.74) is -2.36. The molecule has 1 fully saturated rings. The number of ether oxygens (including phenoxy) is 2. The number of methoxy groups -OCH3 is 1. The molecule has 1 aliphatic heterocycles. The molecule has 0 aliphatic carbocycles. The lowest BCUT2D eigenvalue weighted by Crippen LogP contribution is -2.46. The fraction of sp³-hybridized carbons (Fsp3) is 0.500. The van der Waals surface area contributed by atoms with Gasteiger partial charge >= 0.3 is 6.18 Å². The van der Waals surface area contributed by atoms with Crippen molar-refractivity contribution in [3.05, 3.63) is 57.0 Å². The molecular weight excluding hydrogens is 435 g/mol. The first-order valence-electron chi connectivity index (χ1n) is 9.92. The molecule has 32 heavy (non-hydrogen) atoms. The van der Waals surface area contributed by atoms with Gasteiger partial charge in [-0.1, -0.05) is 13.0 Å². The normalized spacial score (nSPS) is 25.8. The second-order valence-electron chi connectivity index (χ2n) is 8.41. The third kappa shape index (κ3) is 3.64. The monoisotopic (exact) mass is 460 g/mol. The van der Waals surface area contributed by atoms with Gasteiger partial charge in [-0.25, -0.2) is 4.39 Å². The van der Waals surface area contributed by atoms with E-state index in [1.807, 2.05) is 0 Å². The van der Waals surface area contributed by atoms with Gasteiger partial charge in [-0.2, -0.15) is 17.6 Å². The molecular formula is C22H25F5N2O3. The van der Waals surface area contributed by atoms with Crippen LogP contribution in [0.5, 0.6) is 5.75 Å². The van der Waals surface area contributed by atoms with Crippen LogP contribution in [-0.4, -0.2) is 38.0 Å². The zero-order valence-corrected chi connectivity index (χ0v) is 18.5. The van der Waals surface area contributed by atoms with Gasteiger partial charge in [0.1, 0.15) is 11.8 Å². The van der Waals surface area contributed by atoms with Gasteiger partial charge in [0.05, 0.1) is 12.8 Å². The first-order valence-corrected chi connectivity index (χ1v) is 9.92. The second kappa shape index (κ2) is 8.06. The minimum Gasteiger partial charge on any atom is -0.493 e. The van der Waals surface area contributed by atoms with Gasteiger partial charge in [-0.05, 0) is 19.9 Å². The smallest absolute Gasteiger partial charge is 0.417 e. The van der Waals surface area contributed by atoms with Gasteiger partial charge in [0, 0.05) is 43.3 Å². The van der Waals surface area contributed by atoms with E-state index < -0.39 is 52.5 Å². The van der Waals surface area contributed by atoms with Crippen LogP contribution >= 0.6 is 0 Å². The summed E-state index contributed by atoms with van der Waals surface area (Å²) in [5, 5.41) is 0. The van der Waals surface area contributed by atoms with Crippen LogP contribution in [0, 0.1) is 24.5 Å². The van der Waals surface area contributed by atoms with Crippen molar-refractivity contribution < 1.29 is 31.4 Å². The molecule has 1 aromatic carbocycles. The van der Waals surface area contributed by atoms with Gasteiger partial charge in [0.15, 0.2) is 17.2 Å². The van der Waals surface area contributed by atoms with E-state index >= 15 is 0 Å². The van der Waals surface area contributed by atoms with Crippen LogP contribution in [-0.2, 0) is 4.74 Å². The molecule has 1 saturated heterocycles. The summed E-state index contributed by atoms with van der Waals surface area (Å²) in [7, 11) is 4.27. The number of hydrogen-bond acceptors (Lipinski definition) is 4. The third-order valence-electron chi connectivity index (χ3n) is 6.21. The Morgan fingerprint density at radius 1 is 1.22 bits per heavy atom. The highest BCUT2D eigenvalue weighted by molar-refractivity contribution is 5.53. The predicted octanol–water partition coefficient (Wildman–Crippen LogP) is 4.85. The Hall–Kier alpha value is -2.62. The Morgan fingerprint density at radius 3 is 2.38 bits per heavy atom. The maximum atomic E-state index is 14.5. The minimum atomic E-state index is -4.77. The standard InChI is InChI=1S/C22H25F5N2O3/c1-10-9-14(30)18(29(4)5)17(28-10)20-15(11(2)21(3,32-20)22(25,26)27)12-7-8-13(23)16(24)19(12)31-6/h7-9,11,15,20H,1-6H3,(H,28,30)/t11-,15-,20+,21+/m0/s1. The largest absolute Gasteiger partial charge is 0.493 e. The van der Waals surface area contributed by atoms with E-state index in [4.69, 9.17) is 9.47 Å². The zero-order valence-electron chi connectivity index (χ0n) is 18.5. The fourth-order valence-corrected chi connectivity index (χ4v) is 4.43. The van der Waals surface area contributed by atoms with E-state index in [9.17, 15) is 26.7 Å². The van der Waals surface area contributed by atoms with Crippen LogP contribution in [0.4, 0.5) is 27.6 Å². The summed E-state index contributed by atoms with van der Waals surface area (Å²) in [6.45, 7) is 3.85. The number of aryl methyl sites for hydroxylation is 1. The van der Waals surface area contributed by atoms with Crippen molar-refractivity contribution in [3.63, 3.8) is 0 Å². The summed E-state index contributed by atoms with van der Waals surface area (Å²) in [6.07, 6.45) is -6.09. The van der Waals surface area contributed by atoms with E-state index in [1.54, 1.807) is 21.0 Å². The van der Waals surface area contributed by atoms with Crippen molar-refractivity contribution in [1.29, 1.82) is 0 Å². The van der Waals surface area contributed by atoms with Crippen LogP contribution < -0.4 is 15.1 Å². The summed E-state index contributed by atoms with van der Waals surface area (Å²) >= 11 is 0. The lowest BCUT2D eigenvalue weighted by atomic mass is 9.76. The predicted molar refractivity (Wildman–Crippen MR) is 109 cm³/mol. The van der Waals surface area contributed by atoms with Gasteiger partial charge < -0.3 is 19.4 Å². The van der Waals surface area contributed by atoms with Gasteiger partial charge in [-0.15, -0.1) is 0 Å². The SMILES string of the molecule is COc1c([C@H]2[C@H](c3[nH]c(C)cc(=O)c3N(C)C)O[C@@](C)(C(F)(F)F)[C@H]2C)ccc(F)c1F. The van der Waals surface area contributed by atoms with Gasteiger partial charge in [0.2, 0.25) is 11.2 Å². The van der Waals surface area contributed by atoms with Crippen LogP contribution in [0.1, 0.15) is 42.8 Å². The number of rotatable bonds is 4. The van der Waals surface area contributed by atoms with Crippen LogP contribution in [0.25, 0.3) is 0 Å². The van der Waals surface area contributed by atoms with Crippen molar-refractivity contribution in [1.82, 2.24) is 4.98 Å². The van der Waals surface area contributed by atoms with Crippen molar-refractivity contribution in [2.45, 2.75) is 44.6 Å². The molecule has 4 atom stereocenters. The van der Waals surface area contributed by atoms with Gasteiger partial charge in [0.25, 0.3) is 0 Å². The van der Waals surface area contributed by atoms with Crippen molar-refractivity contribution in [3.8, 4) is 5.75 Å². The molecule has 10 heteroatoms. The number of anilines is 1. The fourth-order valence-electron chi connectivity index (χ4n) is 4.43. The number of H-pyrrole nitrogens is 1. The molecule has 1 aromatic heterocycles. The molecule has 2 aromatic rings. The molecule has 1 aliphatic rings. The second-order valence-corrected chi connectivity index (χ2v) is 8.41. The number of hydrogen-bond donors (Lipinski definition) is 1. The molecule has 0 unspecified atom stereocenters. The Balaban J connectivity index is 2.35. The van der Waals surface area contributed by atoms with Crippen LogP contribution in [0.2, 0.25) is 0 Å². The lowest BCUT2D eigenvalue weighted by Gasteiger charge is -2.32. The van der Waals surface area contributed by atoms with Crippen molar-refractivity contribution >= 4 is 5.69 Å². The van der Waals surface area contributed by atoms with E-state index in [-0.39, 0.29) is 16.9 Å². The number of halogens is 5. The lowest BCUT2D eigenvalue weighted by molar-refractivity contribution is -0.275. The first-order chi connectivity index (χ1) is 14.7. The van der Waals surface area contributed by atoms with E-state index in [1.165, 1.54) is 24.0 Å². The highest BCUT2D eigenvalue weighted by atomic mass is 19.4. The van der Waals surface area contributed by atoms with Crippen molar-refractivity contribution in [2.75, 3.05) is 26.1 Å². The quantitative estimate of drug-likeness (QED) is 0.663. The van der Waals surface area contributed by atoms with E-state index in [0.717, 1.165) is 20.1 Å². The highest BCUT2D eigenvalue weighted by Gasteiger charge is 2.65. The molecule has 5 nitrogen and oxygen atoms in total. The number of aromatic nitrogens is 1. The van der Waals surface area contributed by atoms with E-state index in [0.29, 0.717) is 5.69 Å². The number of benzene rings is 1. The molecule has 176 valence electrons.